The quantitative estimate of drug-likeness (QED) is 0.226. The van der Waals surface area contributed by atoms with Crippen molar-refractivity contribution >= 4 is 29.9 Å². The Morgan fingerprint density at radius 3 is 2.27 bits per heavy atom. The minimum atomic E-state index is 0. The lowest BCUT2D eigenvalue weighted by Gasteiger charge is -2.34. The third-order valence-electron chi connectivity index (χ3n) is 5.83. The molecule has 1 saturated heterocycles. The summed E-state index contributed by atoms with van der Waals surface area (Å²) in [4.78, 5) is 7.49. The summed E-state index contributed by atoms with van der Waals surface area (Å²) in [6, 6.07) is 0. The van der Waals surface area contributed by atoms with Crippen LogP contribution in [0.15, 0.2) is 4.99 Å². The molecule has 1 aliphatic heterocycles. The molecule has 3 aliphatic rings. The second-order valence-electron chi connectivity index (χ2n) is 7.94. The second kappa shape index (κ2) is 11.7. The number of rotatable bonds is 10. The molecule has 26 heavy (non-hydrogen) atoms. The Bertz CT molecular complexity index is 407. The summed E-state index contributed by atoms with van der Waals surface area (Å²) in [6.45, 7) is 7.86. The van der Waals surface area contributed by atoms with Crippen molar-refractivity contribution in [1.29, 1.82) is 0 Å². The van der Waals surface area contributed by atoms with Crippen LogP contribution < -0.4 is 5.32 Å². The Labute approximate surface area is 176 Å². The van der Waals surface area contributed by atoms with Gasteiger partial charge in [-0.05, 0) is 69.6 Å². The molecule has 0 aromatic rings. The third-order valence-corrected chi connectivity index (χ3v) is 5.83. The molecule has 0 spiro atoms. The topological polar surface area (TPSA) is 46.1 Å². The smallest absolute Gasteiger partial charge is 0.193 e. The number of hydrogen-bond acceptors (Lipinski definition) is 3. The lowest BCUT2D eigenvalue weighted by Crippen LogP contribution is -2.47. The number of ether oxygens (including phenoxy) is 2. The van der Waals surface area contributed by atoms with Crippen LogP contribution in [-0.4, -0.2) is 63.5 Å². The van der Waals surface area contributed by atoms with Crippen molar-refractivity contribution in [1.82, 2.24) is 10.2 Å². The first kappa shape index (κ1) is 22.2. The van der Waals surface area contributed by atoms with Crippen LogP contribution in [0.4, 0.5) is 0 Å². The summed E-state index contributed by atoms with van der Waals surface area (Å²) in [5, 5.41) is 3.52. The zero-order valence-electron chi connectivity index (χ0n) is 16.6. The molecule has 1 N–H and O–H groups in total. The monoisotopic (exact) mass is 479 g/mol. The predicted molar refractivity (Wildman–Crippen MR) is 117 cm³/mol. The van der Waals surface area contributed by atoms with Gasteiger partial charge in [-0.15, -0.1) is 24.0 Å². The largest absolute Gasteiger partial charge is 0.385 e. The van der Waals surface area contributed by atoms with Crippen LogP contribution in [0, 0.1) is 17.8 Å². The van der Waals surface area contributed by atoms with Crippen LogP contribution >= 0.6 is 24.0 Å². The van der Waals surface area contributed by atoms with Crippen molar-refractivity contribution in [3.8, 4) is 0 Å². The van der Waals surface area contributed by atoms with Gasteiger partial charge in [-0.1, -0.05) is 0 Å². The highest BCUT2D eigenvalue weighted by Crippen LogP contribution is 2.49. The molecule has 0 bridgehead atoms. The predicted octanol–water partition coefficient (Wildman–Crippen LogP) is 3.52. The lowest BCUT2D eigenvalue weighted by molar-refractivity contribution is 0.00989. The van der Waals surface area contributed by atoms with E-state index in [1.165, 1.54) is 25.7 Å². The van der Waals surface area contributed by atoms with E-state index in [0.29, 0.717) is 6.10 Å². The van der Waals surface area contributed by atoms with Gasteiger partial charge >= 0.3 is 0 Å². The van der Waals surface area contributed by atoms with E-state index in [1.807, 2.05) is 0 Å². The van der Waals surface area contributed by atoms with Crippen molar-refractivity contribution in [2.24, 2.45) is 22.7 Å². The number of hydrogen-bond donors (Lipinski definition) is 1. The molecular formula is C20H38IN3O2. The van der Waals surface area contributed by atoms with E-state index in [2.05, 4.69) is 17.1 Å². The SMILES string of the molecule is CCNC(=NCC(C1CC1)C1CC1)N1CCC(OCCCOC)CC1.I. The van der Waals surface area contributed by atoms with Gasteiger partial charge < -0.3 is 19.7 Å². The molecule has 3 rings (SSSR count). The normalized spacial score (nSPS) is 21.8. The van der Waals surface area contributed by atoms with Crippen molar-refractivity contribution in [3.63, 3.8) is 0 Å². The van der Waals surface area contributed by atoms with Crippen LogP contribution in [0.3, 0.4) is 0 Å². The number of halogens is 1. The van der Waals surface area contributed by atoms with E-state index < -0.39 is 0 Å². The number of aliphatic imine (C=N–C) groups is 1. The Kier molecular flexibility index (Phi) is 9.99. The van der Waals surface area contributed by atoms with E-state index in [4.69, 9.17) is 14.5 Å². The molecule has 0 atom stereocenters. The average molecular weight is 479 g/mol. The average Bonchev–Trinajstić information content (AvgIpc) is 3.53. The molecule has 0 aromatic heterocycles. The van der Waals surface area contributed by atoms with E-state index >= 15 is 0 Å². The fourth-order valence-corrected chi connectivity index (χ4v) is 4.04. The maximum Gasteiger partial charge on any atom is 0.193 e. The van der Waals surface area contributed by atoms with Crippen LogP contribution in [0.1, 0.15) is 51.9 Å². The summed E-state index contributed by atoms with van der Waals surface area (Å²) >= 11 is 0. The van der Waals surface area contributed by atoms with Gasteiger partial charge in [-0.2, -0.15) is 0 Å². The first-order chi connectivity index (χ1) is 12.3. The Hall–Kier alpha value is -0.0800. The molecule has 3 fully saturated rings. The summed E-state index contributed by atoms with van der Waals surface area (Å²) in [5.74, 6) is 3.94. The maximum atomic E-state index is 5.98. The van der Waals surface area contributed by atoms with E-state index in [-0.39, 0.29) is 24.0 Å². The molecule has 0 radical (unpaired) electrons. The molecule has 6 heteroatoms. The molecule has 0 unspecified atom stereocenters. The Morgan fingerprint density at radius 1 is 1.08 bits per heavy atom. The van der Waals surface area contributed by atoms with Crippen molar-refractivity contribution in [2.75, 3.05) is 46.5 Å². The van der Waals surface area contributed by atoms with E-state index in [0.717, 1.165) is 82.4 Å². The second-order valence-corrected chi connectivity index (χ2v) is 7.94. The molecule has 152 valence electrons. The molecule has 0 aromatic carbocycles. The fourth-order valence-electron chi connectivity index (χ4n) is 4.04. The standard InChI is InChI=1S/C20H37N3O2.HI/c1-3-21-20(22-15-19(16-5-6-16)17-7-8-17)23-11-9-18(10-12-23)25-14-4-13-24-2;/h16-19H,3-15H2,1-2H3,(H,21,22);1H. The first-order valence-corrected chi connectivity index (χ1v) is 10.5. The first-order valence-electron chi connectivity index (χ1n) is 10.5. The number of methoxy groups -OCH3 is 1. The lowest BCUT2D eigenvalue weighted by atomic mass is 9.98. The number of nitrogens with one attached hydrogen (secondary N) is 1. The van der Waals surface area contributed by atoms with Gasteiger partial charge in [-0.3, -0.25) is 4.99 Å². The molecule has 5 nitrogen and oxygen atoms in total. The fraction of sp³-hybridized carbons (Fsp3) is 0.950. The Morgan fingerprint density at radius 2 is 1.73 bits per heavy atom. The highest BCUT2D eigenvalue weighted by atomic mass is 127. The third kappa shape index (κ3) is 7.15. The van der Waals surface area contributed by atoms with E-state index in [1.54, 1.807) is 7.11 Å². The molecule has 2 saturated carbocycles. The van der Waals surface area contributed by atoms with Gasteiger partial charge in [0.1, 0.15) is 0 Å². The number of likely N-dealkylation sites (tertiary alicyclic amines) is 1. The molecule has 1 heterocycles. The van der Waals surface area contributed by atoms with Gasteiger partial charge in [0, 0.05) is 46.5 Å². The summed E-state index contributed by atoms with van der Waals surface area (Å²) < 4.78 is 11.1. The van der Waals surface area contributed by atoms with Crippen LogP contribution in [0.5, 0.6) is 0 Å². The van der Waals surface area contributed by atoms with Gasteiger partial charge in [0.2, 0.25) is 0 Å². The number of nitrogens with zero attached hydrogens (tertiary/aromatic N) is 2. The molecular weight excluding hydrogens is 441 g/mol. The van der Waals surface area contributed by atoms with Crippen LogP contribution in [0.25, 0.3) is 0 Å². The van der Waals surface area contributed by atoms with E-state index in [9.17, 15) is 0 Å². The zero-order valence-corrected chi connectivity index (χ0v) is 19.0. The Balaban J connectivity index is 0.00000243. The minimum absolute atomic E-state index is 0. The van der Waals surface area contributed by atoms with Crippen LogP contribution in [0.2, 0.25) is 0 Å². The minimum Gasteiger partial charge on any atom is -0.385 e. The number of guanidine groups is 1. The zero-order chi connectivity index (χ0) is 17.5. The van der Waals surface area contributed by atoms with Crippen LogP contribution in [-0.2, 0) is 9.47 Å². The van der Waals surface area contributed by atoms with Crippen molar-refractivity contribution < 1.29 is 9.47 Å². The van der Waals surface area contributed by atoms with Gasteiger partial charge in [0.05, 0.1) is 6.10 Å². The maximum absolute atomic E-state index is 5.98. The van der Waals surface area contributed by atoms with Gasteiger partial charge in [0.15, 0.2) is 5.96 Å². The highest BCUT2D eigenvalue weighted by Gasteiger charge is 2.41. The van der Waals surface area contributed by atoms with Crippen molar-refractivity contribution in [3.05, 3.63) is 0 Å². The van der Waals surface area contributed by atoms with Crippen molar-refractivity contribution in [2.45, 2.75) is 58.0 Å². The molecule has 2 aliphatic carbocycles. The number of piperidine rings is 1. The summed E-state index contributed by atoms with van der Waals surface area (Å²) in [7, 11) is 1.75. The molecule has 0 amide bonds. The summed E-state index contributed by atoms with van der Waals surface area (Å²) in [5.41, 5.74) is 0. The van der Waals surface area contributed by atoms with Gasteiger partial charge in [-0.25, -0.2) is 0 Å². The van der Waals surface area contributed by atoms with Gasteiger partial charge in [0.25, 0.3) is 0 Å². The summed E-state index contributed by atoms with van der Waals surface area (Å²) in [6.07, 6.45) is 9.38. The highest BCUT2D eigenvalue weighted by molar-refractivity contribution is 14.0.